The molecule has 0 aliphatic heterocycles. The Labute approximate surface area is 193 Å². The summed E-state index contributed by atoms with van der Waals surface area (Å²) in [5, 5.41) is 2.88. The second-order valence-electron chi connectivity index (χ2n) is 7.52. The van der Waals surface area contributed by atoms with E-state index >= 15 is 0 Å². The van der Waals surface area contributed by atoms with Gasteiger partial charge in [0.15, 0.2) is 0 Å². The molecule has 0 saturated heterocycles. The number of aromatic nitrogens is 1. The summed E-state index contributed by atoms with van der Waals surface area (Å²) in [6, 6.07) is 13.2. The molecule has 2 aromatic carbocycles. The summed E-state index contributed by atoms with van der Waals surface area (Å²) in [7, 11) is 3.27. The first kappa shape index (κ1) is 23.8. The standard InChI is InChI=1S/C25H30N2O4S/c1-18-7-5-8-23(19(18)2)31-16-24-26-21(17-32-24)15-27(13-6-14-29-3)25(28)20-9-11-22(30-4)12-10-20/h5,7-12,17H,6,13-16H2,1-4H3. The van der Waals surface area contributed by atoms with Crippen LogP contribution in [0.5, 0.6) is 11.5 Å². The smallest absolute Gasteiger partial charge is 0.254 e. The largest absolute Gasteiger partial charge is 0.497 e. The maximum atomic E-state index is 13.1. The Hall–Kier alpha value is -2.90. The topological polar surface area (TPSA) is 60.9 Å². The first-order valence-corrected chi connectivity index (χ1v) is 11.4. The highest BCUT2D eigenvalue weighted by Crippen LogP contribution is 2.23. The second-order valence-corrected chi connectivity index (χ2v) is 8.46. The fourth-order valence-electron chi connectivity index (χ4n) is 3.27. The predicted octanol–water partition coefficient (Wildman–Crippen LogP) is 5.03. The lowest BCUT2D eigenvalue weighted by molar-refractivity contribution is 0.0721. The van der Waals surface area contributed by atoms with Crippen LogP contribution >= 0.6 is 11.3 Å². The van der Waals surface area contributed by atoms with Crippen LogP contribution in [0.15, 0.2) is 47.8 Å². The average molecular weight is 455 g/mol. The lowest BCUT2D eigenvalue weighted by Crippen LogP contribution is -2.32. The molecule has 170 valence electrons. The molecule has 1 aromatic heterocycles. The van der Waals surface area contributed by atoms with Crippen molar-refractivity contribution in [3.8, 4) is 11.5 Å². The monoisotopic (exact) mass is 454 g/mol. The molecule has 0 spiro atoms. The Morgan fingerprint density at radius 2 is 1.88 bits per heavy atom. The minimum absolute atomic E-state index is 0.0371. The molecule has 0 bridgehead atoms. The molecule has 32 heavy (non-hydrogen) atoms. The van der Waals surface area contributed by atoms with Gasteiger partial charge in [0, 0.05) is 31.2 Å². The van der Waals surface area contributed by atoms with Crippen molar-refractivity contribution >= 4 is 17.2 Å². The number of benzene rings is 2. The van der Waals surface area contributed by atoms with Gasteiger partial charge in [-0.3, -0.25) is 4.79 Å². The van der Waals surface area contributed by atoms with E-state index < -0.39 is 0 Å². The maximum Gasteiger partial charge on any atom is 0.254 e. The normalized spacial score (nSPS) is 10.8. The van der Waals surface area contributed by atoms with Crippen molar-refractivity contribution in [2.45, 2.75) is 33.4 Å². The molecule has 7 heteroatoms. The first-order valence-electron chi connectivity index (χ1n) is 10.6. The minimum Gasteiger partial charge on any atom is -0.497 e. The van der Waals surface area contributed by atoms with Gasteiger partial charge in [-0.25, -0.2) is 4.98 Å². The molecule has 0 unspecified atom stereocenters. The third kappa shape index (κ3) is 6.31. The van der Waals surface area contributed by atoms with Crippen LogP contribution in [0.2, 0.25) is 0 Å². The van der Waals surface area contributed by atoms with Gasteiger partial charge in [0.25, 0.3) is 5.91 Å². The van der Waals surface area contributed by atoms with Crippen LogP contribution in [0.3, 0.4) is 0 Å². The number of nitrogens with zero attached hydrogens (tertiary/aromatic N) is 2. The molecule has 3 rings (SSSR count). The summed E-state index contributed by atoms with van der Waals surface area (Å²) in [6.07, 6.45) is 0.755. The Bertz CT molecular complexity index is 1020. The summed E-state index contributed by atoms with van der Waals surface area (Å²) < 4.78 is 16.3. The van der Waals surface area contributed by atoms with E-state index in [4.69, 9.17) is 19.2 Å². The molecule has 0 N–H and O–H groups in total. The molecule has 0 fully saturated rings. The van der Waals surface area contributed by atoms with Crippen molar-refractivity contribution < 1.29 is 19.0 Å². The quantitative estimate of drug-likeness (QED) is 0.381. The zero-order chi connectivity index (χ0) is 22.9. The van der Waals surface area contributed by atoms with E-state index in [0.29, 0.717) is 31.9 Å². The minimum atomic E-state index is -0.0371. The number of thiazole rings is 1. The fourth-order valence-corrected chi connectivity index (χ4v) is 3.97. The number of methoxy groups -OCH3 is 2. The first-order chi connectivity index (χ1) is 15.5. The van der Waals surface area contributed by atoms with Gasteiger partial charge in [-0.05, 0) is 61.7 Å². The highest BCUT2D eigenvalue weighted by atomic mass is 32.1. The summed E-state index contributed by atoms with van der Waals surface area (Å²) in [4.78, 5) is 19.6. The van der Waals surface area contributed by atoms with Crippen LogP contribution in [0.25, 0.3) is 0 Å². The number of ether oxygens (including phenoxy) is 3. The predicted molar refractivity (Wildman–Crippen MR) is 127 cm³/mol. The van der Waals surface area contributed by atoms with Crippen LogP contribution in [-0.4, -0.2) is 43.2 Å². The van der Waals surface area contributed by atoms with E-state index in [1.54, 1.807) is 49.8 Å². The SMILES string of the molecule is COCCCN(Cc1csc(COc2cccc(C)c2C)n1)C(=O)c1ccc(OC)cc1. The number of carbonyl (C=O) groups is 1. The second kappa shape index (κ2) is 11.6. The maximum absolute atomic E-state index is 13.1. The Morgan fingerprint density at radius 3 is 2.59 bits per heavy atom. The Kier molecular flexibility index (Phi) is 8.64. The Morgan fingerprint density at radius 1 is 1.09 bits per heavy atom. The summed E-state index contributed by atoms with van der Waals surface area (Å²) in [5.74, 6) is 1.56. The van der Waals surface area contributed by atoms with Crippen molar-refractivity contribution in [2.75, 3.05) is 27.4 Å². The van der Waals surface area contributed by atoms with E-state index in [1.807, 2.05) is 22.4 Å². The van der Waals surface area contributed by atoms with Crippen molar-refractivity contribution in [3.05, 3.63) is 75.2 Å². The Balaban J connectivity index is 1.67. The third-order valence-corrected chi connectivity index (χ3v) is 6.13. The fraction of sp³-hybridized carbons (Fsp3) is 0.360. The van der Waals surface area contributed by atoms with Crippen LogP contribution in [0.1, 0.15) is 38.6 Å². The molecular formula is C25H30N2O4S. The molecule has 1 amide bonds. The van der Waals surface area contributed by atoms with Gasteiger partial charge >= 0.3 is 0 Å². The molecule has 6 nitrogen and oxygen atoms in total. The summed E-state index contributed by atoms with van der Waals surface area (Å²) in [6.45, 7) is 6.16. The van der Waals surface area contributed by atoms with E-state index in [9.17, 15) is 4.79 Å². The molecule has 3 aromatic rings. The van der Waals surface area contributed by atoms with Gasteiger partial charge < -0.3 is 19.1 Å². The van der Waals surface area contributed by atoms with Gasteiger partial charge in [-0.2, -0.15) is 0 Å². The van der Waals surface area contributed by atoms with Gasteiger partial charge in [-0.1, -0.05) is 12.1 Å². The van der Waals surface area contributed by atoms with E-state index in [-0.39, 0.29) is 5.91 Å². The lowest BCUT2D eigenvalue weighted by atomic mass is 10.1. The molecular weight excluding hydrogens is 424 g/mol. The molecule has 1 heterocycles. The number of aryl methyl sites for hydroxylation is 1. The number of hydrogen-bond donors (Lipinski definition) is 0. The molecule has 0 saturated carbocycles. The van der Waals surface area contributed by atoms with Gasteiger partial charge in [0.2, 0.25) is 0 Å². The van der Waals surface area contributed by atoms with Crippen molar-refractivity contribution in [1.29, 1.82) is 0 Å². The molecule has 0 aliphatic carbocycles. The van der Waals surface area contributed by atoms with E-state index in [2.05, 4.69) is 19.9 Å². The average Bonchev–Trinajstić information content (AvgIpc) is 3.26. The van der Waals surface area contributed by atoms with Crippen LogP contribution < -0.4 is 9.47 Å². The van der Waals surface area contributed by atoms with Crippen molar-refractivity contribution in [3.63, 3.8) is 0 Å². The number of carbonyl (C=O) groups excluding carboxylic acids is 1. The third-order valence-electron chi connectivity index (χ3n) is 5.26. The van der Waals surface area contributed by atoms with Crippen LogP contribution in [0.4, 0.5) is 0 Å². The zero-order valence-corrected chi connectivity index (χ0v) is 19.9. The highest BCUT2D eigenvalue weighted by Gasteiger charge is 2.18. The van der Waals surface area contributed by atoms with Crippen LogP contribution in [-0.2, 0) is 17.9 Å². The number of amides is 1. The van der Waals surface area contributed by atoms with Gasteiger partial charge in [0.1, 0.15) is 23.1 Å². The lowest BCUT2D eigenvalue weighted by Gasteiger charge is -2.22. The molecule has 0 atom stereocenters. The highest BCUT2D eigenvalue weighted by molar-refractivity contribution is 7.09. The van der Waals surface area contributed by atoms with Crippen molar-refractivity contribution in [1.82, 2.24) is 9.88 Å². The van der Waals surface area contributed by atoms with Crippen molar-refractivity contribution in [2.24, 2.45) is 0 Å². The summed E-state index contributed by atoms with van der Waals surface area (Å²) in [5.41, 5.74) is 3.82. The number of hydrogen-bond acceptors (Lipinski definition) is 6. The van der Waals surface area contributed by atoms with Crippen LogP contribution in [0, 0.1) is 13.8 Å². The molecule has 0 aliphatic rings. The van der Waals surface area contributed by atoms with E-state index in [0.717, 1.165) is 34.2 Å². The number of rotatable bonds is 11. The van der Waals surface area contributed by atoms with Gasteiger partial charge in [0.05, 0.1) is 19.3 Å². The van der Waals surface area contributed by atoms with Gasteiger partial charge in [-0.15, -0.1) is 11.3 Å². The summed E-state index contributed by atoms with van der Waals surface area (Å²) >= 11 is 1.55. The molecule has 0 radical (unpaired) electrons. The van der Waals surface area contributed by atoms with E-state index in [1.165, 1.54) is 5.56 Å². The zero-order valence-electron chi connectivity index (χ0n) is 19.1.